The van der Waals surface area contributed by atoms with Gasteiger partial charge in [-0.15, -0.1) is 0 Å². The van der Waals surface area contributed by atoms with Crippen molar-refractivity contribution >= 4 is 23.4 Å². The Morgan fingerprint density at radius 3 is 2.44 bits per heavy atom. The lowest BCUT2D eigenvalue weighted by molar-refractivity contribution is -0.112. The average Bonchev–Trinajstić information content (AvgIpc) is 2.70. The molecule has 0 unspecified atom stereocenters. The Morgan fingerprint density at radius 1 is 1.11 bits per heavy atom. The minimum absolute atomic E-state index is 0.210. The van der Waals surface area contributed by atoms with Crippen LogP contribution < -0.4 is 10.2 Å². The smallest absolute Gasteiger partial charge is 0.266 e. The van der Waals surface area contributed by atoms with Gasteiger partial charge >= 0.3 is 0 Å². The highest BCUT2D eigenvalue weighted by Crippen LogP contribution is 2.20. The molecule has 0 radical (unpaired) electrons. The number of amides is 1. The Kier molecular flexibility index (Phi) is 5.79. The number of morpholine rings is 1. The first-order valence-corrected chi connectivity index (χ1v) is 8.38. The topological polar surface area (TPSA) is 65.4 Å². The van der Waals surface area contributed by atoms with Gasteiger partial charge in [-0.25, -0.2) is 8.78 Å². The molecule has 1 heterocycles. The number of hydrogen-bond donors (Lipinski definition) is 1. The van der Waals surface area contributed by atoms with E-state index in [4.69, 9.17) is 4.74 Å². The van der Waals surface area contributed by atoms with E-state index < -0.39 is 17.5 Å². The molecular weight excluding hydrogens is 352 g/mol. The van der Waals surface area contributed by atoms with E-state index in [2.05, 4.69) is 10.2 Å². The van der Waals surface area contributed by atoms with Gasteiger partial charge in [0, 0.05) is 24.5 Å². The highest BCUT2D eigenvalue weighted by atomic mass is 19.2. The molecule has 1 fully saturated rings. The molecule has 0 atom stereocenters. The van der Waals surface area contributed by atoms with Crippen molar-refractivity contribution in [3.05, 3.63) is 65.2 Å². The van der Waals surface area contributed by atoms with Crippen LogP contribution in [0.15, 0.2) is 48.0 Å². The summed E-state index contributed by atoms with van der Waals surface area (Å²) in [4.78, 5) is 14.5. The molecule has 0 spiro atoms. The van der Waals surface area contributed by atoms with Crippen LogP contribution in [0.25, 0.3) is 6.08 Å². The number of nitriles is 1. The summed E-state index contributed by atoms with van der Waals surface area (Å²) in [6.07, 6.45) is 1.21. The number of ether oxygens (including phenoxy) is 1. The van der Waals surface area contributed by atoms with Crippen LogP contribution in [0.1, 0.15) is 5.56 Å². The van der Waals surface area contributed by atoms with Gasteiger partial charge in [-0.3, -0.25) is 4.79 Å². The number of rotatable bonds is 4. The van der Waals surface area contributed by atoms with E-state index in [1.54, 1.807) is 18.2 Å². The lowest BCUT2D eigenvalue weighted by Crippen LogP contribution is -2.36. The van der Waals surface area contributed by atoms with Gasteiger partial charge in [0.15, 0.2) is 11.6 Å². The number of carbonyl (C=O) groups is 1. The third-order valence-electron chi connectivity index (χ3n) is 4.12. The van der Waals surface area contributed by atoms with Crippen LogP contribution in [0.4, 0.5) is 20.2 Å². The molecule has 5 nitrogen and oxygen atoms in total. The Balaban J connectivity index is 1.70. The van der Waals surface area contributed by atoms with Crippen molar-refractivity contribution in [2.75, 3.05) is 36.5 Å². The Bertz CT molecular complexity index is 898. The summed E-state index contributed by atoms with van der Waals surface area (Å²) in [5, 5.41) is 11.8. The van der Waals surface area contributed by atoms with Crippen molar-refractivity contribution in [1.82, 2.24) is 0 Å². The predicted octanol–water partition coefficient (Wildman–Crippen LogP) is 3.35. The van der Waals surface area contributed by atoms with Gasteiger partial charge in [-0.1, -0.05) is 6.07 Å². The maximum absolute atomic E-state index is 13.3. The van der Waals surface area contributed by atoms with E-state index in [1.807, 2.05) is 12.1 Å². The fourth-order valence-electron chi connectivity index (χ4n) is 2.69. The van der Waals surface area contributed by atoms with Gasteiger partial charge < -0.3 is 15.0 Å². The minimum atomic E-state index is -1.04. The molecule has 2 aromatic carbocycles. The first kappa shape index (κ1) is 18.5. The van der Waals surface area contributed by atoms with Crippen molar-refractivity contribution in [3.63, 3.8) is 0 Å². The molecule has 27 heavy (non-hydrogen) atoms. The Labute approximate surface area is 155 Å². The zero-order valence-corrected chi connectivity index (χ0v) is 14.4. The van der Waals surface area contributed by atoms with E-state index in [0.29, 0.717) is 18.9 Å². The summed E-state index contributed by atoms with van der Waals surface area (Å²) >= 11 is 0. The molecular formula is C20H17F2N3O2. The molecule has 3 rings (SSSR count). The Hall–Kier alpha value is -3.24. The van der Waals surface area contributed by atoms with Gasteiger partial charge in [0.2, 0.25) is 0 Å². The molecule has 2 aromatic rings. The molecule has 1 saturated heterocycles. The summed E-state index contributed by atoms with van der Waals surface area (Å²) in [5.74, 6) is -2.66. The SMILES string of the molecule is N#C/C(=C\c1ccc(F)c(F)c1)C(=O)Nc1ccc(N2CCOCC2)cc1. The summed E-state index contributed by atoms with van der Waals surface area (Å²) in [6, 6.07) is 12.2. The number of benzene rings is 2. The van der Waals surface area contributed by atoms with Crippen LogP contribution >= 0.6 is 0 Å². The van der Waals surface area contributed by atoms with Crippen molar-refractivity contribution in [2.45, 2.75) is 0 Å². The zero-order valence-electron chi connectivity index (χ0n) is 14.4. The lowest BCUT2D eigenvalue weighted by atomic mass is 10.1. The summed E-state index contributed by atoms with van der Waals surface area (Å²) in [7, 11) is 0. The van der Waals surface area contributed by atoms with Gasteiger partial charge in [0.1, 0.15) is 11.6 Å². The van der Waals surface area contributed by atoms with E-state index in [1.165, 1.54) is 12.1 Å². The highest BCUT2D eigenvalue weighted by molar-refractivity contribution is 6.09. The number of halogens is 2. The molecule has 1 aliphatic rings. The standard InChI is InChI=1S/C20H17F2N3O2/c21-18-6-1-14(12-19(18)22)11-15(13-23)20(26)24-16-2-4-17(5-3-16)25-7-9-27-10-8-25/h1-6,11-12H,7-10H2,(H,24,26)/b15-11+. The number of nitrogens with zero attached hydrogens (tertiary/aromatic N) is 2. The van der Waals surface area contributed by atoms with Gasteiger partial charge in [0.25, 0.3) is 5.91 Å². The molecule has 1 N–H and O–H groups in total. The van der Waals surface area contributed by atoms with E-state index in [9.17, 15) is 18.8 Å². The third-order valence-corrected chi connectivity index (χ3v) is 4.12. The van der Waals surface area contributed by atoms with Crippen LogP contribution in [0.3, 0.4) is 0 Å². The van der Waals surface area contributed by atoms with Gasteiger partial charge in [-0.2, -0.15) is 5.26 Å². The summed E-state index contributed by atoms with van der Waals surface area (Å²) in [6.45, 7) is 2.97. The number of carbonyl (C=O) groups excluding carboxylic acids is 1. The van der Waals surface area contributed by atoms with Crippen LogP contribution in [0.5, 0.6) is 0 Å². The molecule has 1 aliphatic heterocycles. The van der Waals surface area contributed by atoms with Crippen LogP contribution in [-0.4, -0.2) is 32.2 Å². The van der Waals surface area contributed by atoms with Crippen LogP contribution in [0.2, 0.25) is 0 Å². The minimum Gasteiger partial charge on any atom is -0.378 e. The zero-order chi connectivity index (χ0) is 19.2. The lowest BCUT2D eigenvalue weighted by Gasteiger charge is -2.28. The second kappa shape index (κ2) is 8.43. The molecule has 1 amide bonds. The van der Waals surface area contributed by atoms with Gasteiger partial charge in [-0.05, 0) is 48.0 Å². The Morgan fingerprint density at radius 2 is 1.81 bits per heavy atom. The van der Waals surface area contributed by atoms with Crippen LogP contribution in [-0.2, 0) is 9.53 Å². The first-order chi connectivity index (χ1) is 13.1. The molecule has 0 bridgehead atoms. The number of hydrogen-bond acceptors (Lipinski definition) is 4. The third kappa shape index (κ3) is 4.68. The van der Waals surface area contributed by atoms with Gasteiger partial charge in [0.05, 0.1) is 13.2 Å². The normalized spacial score (nSPS) is 14.6. The maximum atomic E-state index is 13.3. The molecule has 0 saturated carbocycles. The largest absolute Gasteiger partial charge is 0.378 e. The van der Waals surface area contributed by atoms with Crippen LogP contribution in [0, 0.1) is 23.0 Å². The number of nitrogens with one attached hydrogen (secondary N) is 1. The maximum Gasteiger partial charge on any atom is 0.266 e. The second-order valence-corrected chi connectivity index (χ2v) is 5.94. The molecule has 0 aromatic heterocycles. The molecule has 138 valence electrons. The number of anilines is 2. The van der Waals surface area contributed by atoms with Crippen molar-refractivity contribution in [2.24, 2.45) is 0 Å². The van der Waals surface area contributed by atoms with E-state index in [-0.39, 0.29) is 11.1 Å². The first-order valence-electron chi connectivity index (χ1n) is 8.38. The monoisotopic (exact) mass is 369 g/mol. The fraction of sp³-hybridized carbons (Fsp3) is 0.200. The second-order valence-electron chi connectivity index (χ2n) is 5.94. The van der Waals surface area contributed by atoms with Crippen molar-refractivity contribution in [1.29, 1.82) is 5.26 Å². The average molecular weight is 369 g/mol. The molecule has 7 heteroatoms. The van der Waals surface area contributed by atoms with E-state index in [0.717, 1.165) is 30.9 Å². The summed E-state index contributed by atoms with van der Waals surface area (Å²) in [5.41, 5.74) is 1.57. The van der Waals surface area contributed by atoms with Crippen molar-refractivity contribution in [3.8, 4) is 6.07 Å². The quantitative estimate of drug-likeness (QED) is 0.663. The van der Waals surface area contributed by atoms with Crippen molar-refractivity contribution < 1.29 is 18.3 Å². The predicted molar refractivity (Wildman–Crippen MR) is 98.1 cm³/mol. The fourth-order valence-corrected chi connectivity index (χ4v) is 2.69. The summed E-state index contributed by atoms with van der Waals surface area (Å²) < 4.78 is 31.6. The highest BCUT2D eigenvalue weighted by Gasteiger charge is 2.13. The molecule has 0 aliphatic carbocycles. The van der Waals surface area contributed by atoms with E-state index >= 15 is 0 Å².